The van der Waals surface area contributed by atoms with Crippen LogP contribution in [0.15, 0.2) is 53.4 Å². The van der Waals surface area contributed by atoms with Crippen molar-refractivity contribution in [1.29, 1.82) is 0 Å². The summed E-state index contributed by atoms with van der Waals surface area (Å²) < 4.78 is 37.7. The van der Waals surface area contributed by atoms with Crippen LogP contribution in [-0.4, -0.2) is 58.1 Å². The predicted octanol–water partition coefficient (Wildman–Crippen LogP) is 2.73. The van der Waals surface area contributed by atoms with Gasteiger partial charge in [-0.2, -0.15) is 4.31 Å². The van der Waals surface area contributed by atoms with Gasteiger partial charge in [0, 0.05) is 37.9 Å². The summed E-state index contributed by atoms with van der Waals surface area (Å²) in [7, 11) is -3.54. The maximum absolute atomic E-state index is 13.3. The second-order valence-electron chi connectivity index (χ2n) is 8.05. The molecule has 0 aromatic heterocycles. The van der Waals surface area contributed by atoms with E-state index in [2.05, 4.69) is 5.32 Å². The third-order valence-corrected chi connectivity index (χ3v) is 8.29. The molecule has 0 bridgehead atoms. The van der Waals surface area contributed by atoms with Gasteiger partial charge in [-0.05, 0) is 48.2 Å². The lowest BCUT2D eigenvalue weighted by atomic mass is 9.73. The van der Waals surface area contributed by atoms with Gasteiger partial charge in [-0.25, -0.2) is 8.42 Å². The zero-order valence-corrected chi connectivity index (χ0v) is 19.3. The van der Waals surface area contributed by atoms with E-state index in [4.69, 9.17) is 21.1 Å². The minimum absolute atomic E-state index is 0.0759. The molecule has 2 aromatic carbocycles. The number of hydrogen-bond acceptors (Lipinski definition) is 5. The Balaban J connectivity index is 1.46. The summed E-state index contributed by atoms with van der Waals surface area (Å²) in [5, 5.41) is 3.63. The first-order chi connectivity index (χ1) is 15.4. The number of ether oxygens (including phenoxy) is 2. The van der Waals surface area contributed by atoms with E-state index < -0.39 is 15.4 Å². The number of morpholine rings is 1. The van der Waals surface area contributed by atoms with Crippen molar-refractivity contribution >= 4 is 27.5 Å². The molecule has 2 aliphatic rings. The number of nitrogens with one attached hydrogen (secondary N) is 1. The Kier molecular flexibility index (Phi) is 7.17. The Morgan fingerprint density at radius 1 is 1.00 bits per heavy atom. The van der Waals surface area contributed by atoms with Gasteiger partial charge in [-0.1, -0.05) is 35.9 Å². The highest BCUT2D eigenvalue weighted by atomic mass is 35.5. The smallest absolute Gasteiger partial charge is 0.243 e. The molecule has 32 heavy (non-hydrogen) atoms. The molecule has 1 N–H and O–H groups in total. The molecule has 0 atom stereocenters. The first-order valence-corrected chi connectivity index (χ1v) is 12.5. The van der Waals surface area contributed by atoms with Gasteiger partial charge in [-0.3, -0.25) is 4.79 Å². The minimum atomic E-state index is -3.54. The Morgan fingerprint density at radius 2 is 1.66 bits per heavy atom. The van der Waals surface area contributed by atoms with E-state index in [1.165, 1.54) is 4.31 Å². The van der Waals surface area contributed by atoms with Crippen molar-refractivity contribution in [3.05, 3.63) is 64.7 Å². The average Bonchev–Trinajstić information content (AvgIpc) is 2.84. The Hall–Kier alpha value is -1.97. The van der Waals surface area contributed by atoms with E-state index >= 15 is 0 Å². The van der Waals surface area contributed by atoms with Crippen LogP contribution in [0.4, 0.5) is 0 Å². The first kappa shape index (κ1) is 23.2. The topological polar surface area (TPSA) is 84.9 Å². The van der Waals surface area contributed by atoms with Crippen molar-refractivity contribution in [3.8, 4) is 0 Å². The molecule has 2 aromatic rings. The normalized spacial score (nSPS) is 19.4. The molecule has 2 saturated heterocycles. The molecule has 1 amide bonds. The minimum Gasteiger partial charge on any atom is -0.381 e. The van der Waals surface area contributed by atoms with Gasteiger partial charge in [0.15, 0.2) is 0 Å². The summed E-state index contributed by atoms with van der Waals surface area (Å²) in [5.41, 5.74) is 1.02. The summed E-state index contributed by atoms with van der Waals surface area (Å²) in [4.78, 5) is 13.6. The Bertz CT molecular complexity index is 1050. The molecule has 0 unspecified atom stereocenters. The van der Waals surface area contributed by atoms with Crippen molar-refractivity contribution in [2.75, 3.05) is 39.5 Å². The molecule has 2 heterocycles. The van der Waals surface area contributed by atoms with Crippen molar-refractivity contribution in [1.82, 2.24) is 9.62 Å². The van der Waals surface area contributed by atoms with Crippen LogP contribution in [0, 0.1) is 0 Å². The summed E-state index contributed by atoms with van der Waals surface area (Å²) >= 11 is 6.19. The number of carbonyl (C=O) groups excluding carboxylic acids is 1. The van der Waals surface area contributed by atoms with Gasteiger partial charge in [0.05, 0.1) is 23.5 Å². The molecule has 172 valence electrons. The zero-order chi connectivity index (χ0) is 22.6. The number of sulfonamides is 1. The molecule has 0 spiro atoms. The molecule has 9 heteroatoms. The molecule has 2 fully saturated rings. The van der Waals surface area contributed by atoms with Gasteiger partial charge in [0.1, 0.15) is 0 Å². The van der Waals surface area contributed by atoms with Crippen LogP contribution in [0.5, 0.6) is 0 Å². The third kappa shape index (κ3) is 4.84. The molecule has 0 saturated carbocycles. The lowest BCUT2D eigenvalue weighted by Gasteiger charge is -2.36. The molecule has 0 radical (unpaired) electrons. The van der Waals surface area contributed by atoms with Crippen LogP contribution >= 0.6 is 11.6 Å². The molecule has 2 aliphatic heterocycles. The Labute approximate surface area is 193 Å². The van der Waals surface area contributed by atoms with E-state index in [9.17, 15) is 13.2 Å². The largest absolute Gasteiger partial charge is 0.381 e. The molecule has 0 aliphatic carbocycles. The summed E-state index contributed by atoms with van der Waals surface area (Å²) in [5.74, 6) is -0.0759. The van der Waals surface area contributed by atoms with Crippen LogP contribution in [0.3, 0.4) is 0 Å². The van der Waals surface area contributed by atoms with E-state index in [0.717, 1.165) is 11.1 Å². The number of rotatable bonds is 6. The summed E-state index contributed by atoms with van der Waals surface area (Å²) in [6.45, 7) is 2.85. The molecule has 7 nitrogen and oxygen atoms in total. The van der Waals surface area contributed by atoms with Crippen LogP contribution in [0.1, 0.15) is 24.0 Å². The van der Waals surface area contributed by atoms with Gasteiger partial charge < -0.3 is 14.8 Å². The quantitative estimate of drug-likeness (QED) is 0.690. The van der Waals surface area contributed by atoms with Crippen LogP contribution < -0.4 is 5.32 Å². The standard InChI is InChI=1S/C23H27ClN2O5S/c24-20-3-1-2-19(16-20)23(8-12-30-13-9-23)22(27)25-17-18-4-6-21(7-5-18)32(28,29)26-10-14-31-15-11-26/h1-7,16H,8-15,17H2,(H,25,27). The number of carbonyl (C=O) groups is 1. The van der Waals surface area contributed by atoms with Crippen molar-refractivity contribution in [3.63, 3.8) is 0 Å². The fraction of sp³-hybridized carbons (Fsp3) is 0.435. The van der Waals surface area contributed by atoms with Gasteiger partial charge in [0.2, 0.25) is 15.9 Å². The first-order valence-electron chi connectivity index (χ1n) is 10.7. The van der Waals surface area contributed by atoms with E-state index in [1.54, 1.807) is 30.3 Å². The molecule has 4 rings (SSSR count). The van der Waals surface area contributed by atoms with Crippen molar-refractivity contribution in [2.45, 2.75) is 29.7 Å². The highest BCUT2D eigenvalue weighted by molar-refractivity contribution is 7.89. The average molecular weight is 479 g/mol. The lowest BCUT2D eigenvalue weighted by molar-refractivity contribution is -0.130. The SMILES string of the molecule is O=C(NCc1ccc(S(=O)(=O)N2CCOCC2)cc1)C1(c2cccc(Cl)c2)CCOCC1. The number of halogens is 1. The number of amides is 1. The summed E-state index contributed by atoms with van der Waals surface area (Å²) in [6.07, 6.45) is 1.16. The second-order valence-corrected chi connectivity index (χ2v) is 10.4. The van der Waals surface area contributed by atoms with Crippen LogP contribution in [0.25, 0.3) is 0 Å². The molecular formula is C23H27ClN2O5S. The monoisotopic (exact) mass is 478 g/mol. The number of nitrogens with zero attached hydrogens (tertiary/aromatic N) is 1. The third-order valence-electron chi connectivity index (χ3n) is 6.14. The fourth-order valence-corrected chi connectivity index (χ4v) is 5.82. The maximum Gasteiger partial charge on any atom is 0.243 e. The van der Waals surface area contributed by atoms with E-state index in [-0.39, 0.29) is 10.8 Å². The number of hydrogen-bond donors (Lipinski definition) is 1. The van der Waals surface area contributed by atoms with Crippen LogP contribution in [0.2, 0.25) is 5.02 Å². The number of benzene rings is 2. The highest BCUT2D eigenvalue weighted by Gasteiger charge is 2.41. The van der Waals surface area contributed by atoms with Crippen LogP contribution in [-0.2, 0) is 36.3 Å². The van der Waals surface area contributed by atoms with E-state index in [0.29, 0.717) is 63.9 Å². The fourth-order valence-electron chi connectivity index (χ4n) is 4.22. The summed E-state index contributed by atoms with van der Waals surface area (Å²) in [6, 6.07) is 14.1. The predicted molar refractivity (Wildman–Crippen MR) is 121 cm³/mol. The Morgan fingerprint density at radius 3 is 2.31 bits per heavy atom. The van der Waals surface area contributed by atoms with E-state index in [1.807, 2.05) is 18.2 Å². The van der Waals surface area contributed by atoms with Crippen molar-refractivity contribution < 1.29 is 22.7 Å². The van der Waals surface area contributed by atoms with Crippen molar-refractivity contribution in [2.24, 2.45) is 0 Å². The molecular weight excluding hydrogens is 452 g/mol. The van der Waals surface area contributed by atoms with Gasteiger partial charge >= 0.3 is 0 Å². The van der Waals surface area contributed by atoms with Gasteiger partial charge in [-0.15, -0.1) is 0 Å². The lowest BCUT2D eigenvalue weighted by Crippen LogP contribution is -2.47. The second kappa shape index (κ2) is 9.89. The van der Waals surface area contributed by atoms with Gasteiger partial charge in [0.25, 0.3) is 0 Å². The highest BCUT2D eigenvalue weighted by Crippen LogP contribution is 2.36. The zero-order valence-electron chi connectivity index (χ0n) is 17.8. The maximum atomic E-state index is 13.3.